The smallest absolute Gasteiger partial charge is 0.410 e. The maximum absolute atomic E-state index is 12.3. The molecule has 2 amide bonds. The Kier molecular flexibility index (Phi) is 5.34. The van der Waals surface area contributed by atoms with Gasteiger partial charge in [0.05, 0.1) is 11.7 Å². The second kappa shape index (κ2) is 8.23. The standard InChI is InChI=1S/C25H29N5O4/c1-15-23(31)28-27-22-14-33-21-10-18(16-8-6-5-7-9-16)19(11-20(21)30(15)22)26-17-12-29(13-17)24(32)34-25(2,3)4/h5-11,15,17,26H,12-14H2,1-4H3,(H,28,31)/t15-/m1/s1. The van der Waals surface area contributed by atoms with E-state index in [1.807, 2.05) is 75.1 Å². The van der Waals surface area contributed by atoms with Crippen molar-refractivity contribution in [3.8, 4) is 16.9 Å². The zero-order valence-electron chi connectivity index (χ0n) is 19.8. The van der Waals surface area contributed by atoms with E-state index >= 15 is 0 Å². The van der Waals surface area contributed by atoms with Crippen molar-refractivity contribution in [2.24, 2.45) is 5.10 Å². The Bertz CT molecular complexity index is 1150. The zero-order chi connectivity index (χ0) is 24.0. The van der Waals surface area contributed by atoms with Crippen LogP contribution < -0.4 is 20.4 Å². The summed E-state index contributed by atoms with van der Waals surface area (Å²) in [7, 11) is 0. The number of ether oxygens (including phenoxy) is 2. The second-order valence-corrected chi connectivity index (χ2v) is 9.80. The van der Waals surface area contributed by atoms with Gasteiger partial charge in [-0.2, -0.15) is 5.10 Å². The fourth-order valence-electron chi connectivity index (χ4n) is 4.31. The summed E-state index contributed by atoms with van der Waals surface area (Å²) >= 11 is 0. The third-order valence-corrected chi connectivity index (χ3v) is 6.03. The number of hydrazone groups is 1. The molecule has 1 saturated heterocycles. The van der Waals surface area contributed by atoms with Crippen LogP contribution in [0.5, 0.6) is 5.75 Å². The predicted molar refractivity (Wildman–Crippen MR) is 130 cm³/mol. The third kappa shape index (κ3) is 4.13. The van der Waals surface area contributed by atoms with Crippen LogP contribution in [0, 0.1) is 0 Å². The van der Waals surface area contributed by atoms with E-state index < -0.39 is 11.6 Å². The molecular weight excluding hydrogens is 434 g/mol. The van der Waals surface area contributed by atoms with Crippen molar-refractivity contribution >= 4 is 29.2 Å². The Morgan fingerprint density at radius 3 is 2.65 bits per heavy atom. The van der Waals surface area contributed by atoms with Gasteiger partial charge in [-0.1, -0.05) is 30.3 Å². The van der Waals surface area contributed by atoms with Gasteiger partial charge in [0.25, 0.3) is 5.91 Å². The summed E-state index contributed by atoms with van der Waals surface area (Å²) in [5, 5.41) is 7.77. The summed E-state index contributed by atoms with van der Waals surface area (Å²) in [6.07, 6.45) is -0.304. The number of likely N-dealkylation sites (tertiary alicyclic amines) is 1. The number of benzene rings is 2. The Hall–Kier alpha value is -3.75. The fraction of sp³-hybridized carbons (Fsp3) is 0.400. The fourth-order valence-corrected chi connectivity index (χ4v) is 4.31. The first kappa shape index (κ1) is 22.1. The molecule has 5 rings (SSSR count). The van der Waals surface area contributed by atoms with E-state index in [4.69, 9.17) is 9.47 Å². The molecule has 3 aliphatic heterocycles. The molecular formula is C25H29N5O4. The van der Waals surface area contributed by atoms with Crippen molar-refractivity contribution in [1.29, 1.82) is 0 Å². The molecule has 3 heterocycles. The highest BCUT2D eigenvalue weighted by atomic mass is 16.6. The van der Waals surface area contributed by atoms with Gasteiger partial charge >= 0.3 is 6.09 Å². The van der Waals surface area contributed by atoms with Crippen LogP contribution in [0.25, 0.3) is 11.1 Å². The molecule has 2 aromatic rings. The van der Waals surface area contributed by atoms with Crippen LogP contribution >= 0.6 is 0 Å². The number of hydrogen-bond acceptors (Lipinski definition) is 7. The molecule has 9 heteroatoms. The van der Waals surface area contributed by atoms with Crippen molar-refractivity contribution < 1.29 is 19.1 Å². The van der Waals surface area contributed by atoms with Gasteiger partial charge in [-0.05, 0) is 45.4 Å². The lowest BCUT2D eigenvalue weighted by molar-refractivity contribution is -0.122. The SMILES string of the molecule is C[C@@H]1C(=O)NN=C2COc3cc(-c4ccccc4)c(NC4CN(C(=O)OC(C)(C)C)C4)cc3N21. The average Bonchev–Trinajstić information content (AvgIpc) is 2.77. The van der Waals surface area contributed by atoms with Crippen LogP contribution in [-0.4, -0.2) is 60.1 Å². The Labute approximate surface area is 198 Å². The lowest BCUT2D eigenvalue weighted by Crippen LogP contribution is -2.58. The van der Waals surface area contributed by atoms with E-state index in [0.29, 0.717) is 24.7 Å². The van der Waals surface area contributed by atoms with Crippen LogP contribution in [0.2, 0.25) is 0 Å². The van der Waals surface area contributed by atoms with Gasteiger partial charge in [0.2, 0.25) is 0 Å². The highest BCUT2D eigenvalue weighted by molar-refractivity contribution is 6.10. The highest BCUT2D eigenvalue weighted by Gasteiger charge is 2.37. The third-order valence-electron chi connectivity index (χ3n) is 6.03. The summed E-state index contributed by atoms with van der Waals surface area (Å²) in [6.45, 7) is 8.81. The Balaban J connectivity index is 1.44. The molecule has 1 atom stereocenters. The van der Waals surface area contributed by atoms with E-state index in [1.165, 1.54) is 0 Å². The Morgan fingerprint density at radius 1 is 1.21 bits per heavy atom. The van der Waals surface area contributed by atoms with Crippen molar-refractivity contribution in [3.05, 3.63) is 42.5 Å². The minimum atomic E-state index is -0.523. The van der Waals surface area contributed by atoms with E-state index in [2.05, 4.69) is 15.8 Å². The molecule has 0 radical (unpaired) electrons. The predicted octanol–water partition coefficient (Wildman–Crippen LogP) is 3.42. The van der Waals surface area contributed by atoms with Crippen molar-refractivity contribution in [2.45, 2.75) is 45.4 Å². The molecule has 1 fully saturated rings. The van der Waals surface area contributed by atoms with Crippen molar-refractivity contribution in [2.75, 3.05) is 29.9 Å². The lowest BCUT2D eigenvalue weighted by Gasteiger charge is -2.41. The normalized spacial score (nSPS) is 19.7. The molecule has 2 aromatic carbocycles. The van der Waals surface area contributed by atoms with Crippen LogP contribution in [0.15, 0.2) is 47.6 Å². The molecule has 2 N–H and O–H groups in total. The molecule has 0 aromatic heterocycles. The minimum absolute atomic E-state index is 0.0766. The molecule has 9 nitrogen and oxygen atoms in total. The summed E-state index contributed by atoms with van der Waals surface area (Å²) in [6, 6.07) is 13.8. The number of hydrogen-bond donors (Lipinski definition) is 2. The number of anilines is 2. The molecule has 3 aliphatic rings. The Morgan fingerprint density at radius 2 is 1.94 bits per heavy atom. The molecule has 0 saturated carbocycles. The van der Waals surface area contributed by atoms with E-state index in [-0.39, 0.29) is 24.6 Å². The molecule has 178 valence electrons. The van der Waals surface area contributed by atoms with Crippen LogP contribution in [0.3, 0.4) is 0 Å². The van der Waals surface area contributed by atoms with Gasteiger partial charge in [-0.15, -0.1) is 0 Å². The molecule has 0 bridgehead atoms. The second-order valence-electron chi connectivity index (χ2n) is 9.80. The first-order chi connectivity index (χ1) is 16.2. The topological polar surface area (TPSA) is 95.5 Å². The summed E-state index contributed by atoms with van der Waals surface area (Å²) in [4.78, 5) is 28.3. The summed E-state index contributed by atoms with van der Waals surface area (Å²) in [5.41, 5.74) is 5.76. The van der Waals surface area contributed by atoms with Crippen molar-refractivity contribution in [3.63, 3.8) is 0 Å². The first-order valence-corrected chi connectivity index (χ1v) is 11.5. The van der Waals surface area contributed by atoms with Crippen LogP contribution in [-0.2, 0) is 9.53 Å². The van der Waals surface area contributed by atoms with Gasteiger partial charge in [0.1, 0.15) is 24.0 Å². The maximum Gasteiger partial charge on any atom is 0.410 e. The van der Waals surface area contributed by atoms with E-state index in [9.17, 15) is 9.59 Å². The number of nitrogens with zero attached hydrogens (tertiary/aromatic N) is 3. The maximum atomic E-state index is 12.3. The van der Waals surface area contributed by atoms with Gasteiger partial charge in [-0.25, -0.2) is 10.2 Å². The number of amidine groups is 1. The number of fused-ring (bicyclic) bond motifs is 3. The number of nitrogens with one attached hydrogen (secondary N) is 2. The molecule has 0 spiro atoms. The first-order valence-electron chi connectivity index (χ1n) is 11.5. The molecule has 0 unspecified atom stereocenters. The highest BCUT2D eigenvalue weighted by Crippen LogP contribution is 2.43. The zero-order valence-corrected chi connectivity index (χ0v) is 19.8. The average molecular weight is 464 g/mol. The quantitative estimate of drug-likeness (QED) is 0.724. The summed E-state index contributed by atoms with van der Waals surface area (Å²) in [5.74, 6) is 1.21. The number of rotatable bonds is 3. The number of carbonyl (C=O) groups excluding carboxylic acids is 2. The van der Waals surface area contributed by atoms with Crippen LogP contribution in [0.4, 0.5) is 16.2 Å². The number of amides is 2. The molecule has 34 heavy (non-hydrogen) atoms. The lowest BCUT2D eigenvalue weighted by atomic mass is 9.99. The van der Waals surface area contributed by atoms with Gasteiger partial charge in [0, 0.05) is 24.3 Å². The van der Waals surface area contributed by atoms with Gasteiger partial charge in [-0.3, -0.25) is 4.79 Å². The minimum Gasteiger partial charge on any atom is -0.483 e. The largest absolute Gasteiger partial charge is 0.483 e. The number of carbonyl (C=O) groups is 2. The van der Waals surface area contributed by atoms with Crippen molar-refractivity contribution in [1.82, 2.24) is 10.3 Å². The van der Waals surface area contributed by atoms with E-state index in [1.54, 1.807) is 4.90 Å². The van der Waals surface area contributed by atoms with Crippen LogP contribution in [0.1, 0.15) is 27.7 Å². The summed E-state index contributed by atoms with van der Waals surface area (Å²) < 4.78 is 11.5. The van der Waals surface area contributed by atoms with Gasteiger partial charge in [0.15, 0.2) is 5.84 Å². The van der Waals surface area contributed by atoms with E-state index in [0.717, 1.165) is 22.5 Å². The monoisotopic (exact) mass is 463 g/mol. The van der Waals surface area contributed by atoms with Gasteiger partial charge < -0.3 is 24.6 Å². The molecule has 0 aliphatic carbocycles.